The fraction of sp³-hybridized carbons (Fsp3) is 0.500. The molecule has 0 radical (unpaired) electrons. The van der Waals surface area contributed by atoms with Gasteiger partial charge in [-0.25, -0.2) is 4.98 Å². The van der Waals surface area contributed by atoms with E-state index < -0.39 is 0 Å². The lowest BCUT2D eigenvalue weighted by Crippen LogP contribution is -2.30. The molecule has 4 rings (SSSR count). The summed E-state index contributed by atoms with van der Waals surface area (Å²) in [5, 5.41) is 2.09. The Hall–Kier alpha value is -2.29. The summed E-state index contributed by atoms with van der Waals surface area (Å²) in [7, 11) is 1.86. The number of nitrogens with zero attached hydrogens (tertiary/aromatic N) is 4. The Morgan fingerprint density at radius 3 is 2.90 bits per heavy atom. The van der Waals surface area contributed by atoms with Crippen molar-refractivity contribution in [1.82, 2.24) is 18.8 Å². The zero-order chi connectivity index (χ0) is 21.1. The van der Waals surface area contributed by atoms with Gasteiger partial charge in [-0.3, -0.25) is 9.69 Å². The maximum Gasteiger partial charge on any atom is 0.231 e. The molecule has 0 bridgehead atoms. The first-order valence-corrected chi connectivity index (χ1v) is 11.3. The molecule has 7 nitrogen and oxygen atoms in total. The van der Waals surface area contributed by atoms with E-state index in [4.69, 9.17) is 15.5 Å². The largest absolute Gasteiger partial charge is 0.381 e. The van der Waals surface area contributed by atoms with Gasteiger partial charge in [-0.15, -0.1) is 0 Å². The van der Waals surface area contributed by atoms with Gasteiger partial charge in [0.25, 0.3) is 0 Å². The summed E-state index contributed by atoms with van der Waals surface area (Å²) in [4.78, 5) is 17.8. The van der Waals surface area contributed by atoms with Crippen molar-refractivity contribution in [3.05, 3.63) is 35.0 Å². The van der Waals surface area contributed by atoms with Crippen LogP contribution < -0.4 is 5.73 Å². The van der Waals surface area contributed by atoms with Crippen molar-refractivity contribution in [1.29, 1.82) is 0 Å². The molecule has 0 atom stereocenters. The lowest BCUT2D eigenvalue weighted by Gasteiger charge is -2.23. The third-order valence-corrected chi connectivity index (χ3v) is 6.39. The predicted molar refractivity (Wildman–Crippen MR) is 119 cm³/mol. The van der Waals surface area contributed by atoms with Gasteiger partial charge in [0.05, 0.1) is 18.6 Å². The van der Waals surface area contributed by atoms with Gasteiger partial charge >= 0.3 is 0 Å². The number of aryl methyl sites for hydroxylation is 1. The van der Waals surface area contributed by atoms with Crippen LogP contribution in [0, 0.1) is 5.92 Å². The molecule has 2 N–H and O–H groups in total. The molecule has 8 heteroatoms. The number of carbonyl (C=O) groups excluding carboxylic acids is 1. The van der Waals surface area contributed by atoms with Crippen LogP contribution in [0.4, 0.5) is 0 Å². The summed E-state index contributed by atoms with van der Waals surface area (Å²) in [6.45, 7) is 5.67. The number of carbonyl (C=O) groups is 1. The number of nitrogens with two attached hydrogens (primary N) is 1. The van der Waals surface area contributed by atoms with E-state index in [0.29, 0.717) is 12.5 Å². The molecule has 160 valence electrons. The van der Waals surface area contributed by atoms with Gasteiger partial charge in [0.2, 0.25) is 5.91 Å². The number of amides is 1. The van der Waals surface area contributed by atoms with Crippen LogP contribution >= 0.6 is 11.5 Å². The van der Waals surface area contributed by atoms with Crippen molar-refractivity contribution in [3.63, 3.8) is 0 Å². The summed E-state index contributed by atoms with van der Waals surface area (Å²) in [6.07, 6.45) is 5.42. The third-order valence-electron chi connectivity index (χ3n) is 5.70. The average molecular weight is 428 g/mol. The van der Waals surface area contributed by atoms with Crippen LogP contribution in [-0.4, -0.2) is 51.5 Å². The molecule has 1 saturated heterocycles. The van der Waals surface area contributed by atoms with Crippen LogP contribution in [0.1, 0.15) is 30.3 Å². The molecule has 0 unspecified atom stereocenters. The van der Waals surface area contributed by atoms with Gasteiger partial charge in [0.1, 0.15) is 5.01 Å². The van der Waals surface area contributed by atoms with Crippen molar-refractivity contribution in [2.75, 3.05) is 26.8 Å². The van der Waals surface area contributed by atoms with E-state index in [9.17, 15) is 4.79 Å². The first-order valence-electron chi connectivity index (χ1n) is 10.5. The fourth-order valence-corrected chi connectivity index (χ4v) is 4.97. The second-order valence-electron chi connectivity index (χ2n) is 8.07. The van der Waals surface area contributed by atoms with Crippen molar-refractivity contribution in [2.24, 2.45) is 11.7 Å². The molecule has 1 aliphatic heterocycles. The Morgan fingerprint density at radius 2 is 2.17 bits per heavy atom. The molecule has 0 spiro atoms. The minimum Gasteiger partial charge on any atom is -0.381 e. The standard InChI is InChI=1S/C22H29N5O2S/c1-3-16-5-4-6-17-18(12-27(21(16)17)11-15-7-9-29-10-8-15)22-24-20(30-25-22)14-26(2)13-19(23)28/h4-6,12,15H,3,7-11,13-14H2,1-2H3,(H2,23,28). The monoisotopic (exact) mass is 427 g/mol. The molecule has 30 heavy (non-hydrogen) atoms. The number of hydrogen-bond donors (Lipinski definition) is 1. The van der Waals surface area contributed by atoms with Gasteiger partial charge < -0.3 is 15.0 Å². The average Bonchev–Trinajstić information content (AvgIpc) is 3.33. The van der Waals surface area contributed by atoms with E-state index in [1.807, 2.05) is 11.9 Å². The zero-order valence-electron chi connectivity index (χ0n) is 17.6. The van der Waals surface area contributed by atoms with Crippen LogP contribution in [0.25, 0.3) is 22.3 Å². The lowest BCUT2D eigenvalue weighted by molar-refractivity contribution is -0.118. The fourth-order valence-electron chi connectivity index (χ4n) is 4.23. The van der Waals surface area contributed by atoms with Crippen molar-refractivity contribution in [3.8, 4) is 11.4 Å². The van der Waals surface area contributed by atoms with Crippen LogP contribution in [0.5, 0.6) is 0 Å². The molecule has 2 aromatic heterocycles. The maximum absolute atomic E-state index is 11.1. The Balaban J connectivity index is 1.66. The molecule has 0 aliphatic carbocycles. The normalized spacial score (nSPS) is 15.3. The molecular formula is C22H29N5O2S. The number of para-hydroxylation sites is 1. The van der Waals surface area contributed by atoms with E-state index >= 15 is 0 Å². The van der Waals surface area contributed by atoms with Crippen LogP contribution in [0.3, 0.4) is 0 Å². The Kier molecular flexibility index (Phi) is 6.46. The highest BCUT2D eigenvalue weighted by molar-refractivity contribution is 7.05. The zero-order valence-corrected chi connectivity index (χ0v) is 18.5. The van der Waals surface area contributed by atoms with Gasteiger partial charge in [0, 0.05) is 36.9 Å². The lowest BCUT2D eigenvalue weighted by atomic mass is 10.00. The minimum atomic E-state index is -0.342. The number of benzene rings is 1. The summed E-state index contributed by atoms with van der Waals surface area (Å²) in [5.41, 5.74) is 9.01. The first-order chi connectivity index (χ1) is 14.5. The van der Waals surface area contributed by atoms with Crippen LogP contribution in [-0.2, 0) is 29.0 Å². The topological polar surface area (TPSA) is 86.3 Å². The maximum atomic E-state index is 11.1. The van der Waals surface area contributed by atoms with Crippen molar-refractivity contribution in [2.45, 2.75) is 39.3 Å². The van der Waals surface area contributed by atoms with Crippen LogP contribution in [0.15, 0.2) is 24.4 Å². The van der Waals surface area contributed by atoms with E-state index in [2.05, 4.69) is 40.3 Å². The second kappa shape index (κ2) is 9.24. The van der Waals surface area contributed by atoms with E-state index in [0.717, 1.165) is 55.4 Å². The summed E-state index contributed by atoms with van der Waals surface area (Å²) < 4.78 is 12.6. The van der Waals surface area contributed by atoms with Gasteiger partial charge in [0.15, 0.2) is 5.82 Å². The van der Waals surface area contributed by atoms with Gasteiger partial charge in [-0.2, -0.15) is 4.37 Å². The predicted octanol–water partition coefficient (Wildman–Crippen LogP) is 3.07. The SMILES string of the molecule is CCc1cccc2c(-c3nsc(CN(C)CC(N)=O)n3)cn(CC3CCOCC3)c12. The Labute approximate surface area is 181 Å². The second-order valence-corrected chi connectivity index (χ2v) is 8.90. The summed E-state index contributed by atoms with van der Waals surface area (Å²) >= 11 is 1.38. The van der Waals surface area contributed by atoms with E-state index in [-0.39, 0.29) is 12.5 Å². The number of hydrogen-bond acceptors (Lipinski definition) is 6. The van der Waals surface area contributed by atoms with E-state index in [1.165, 1.54) is 28.0 Å². The first kappa shape index (κ1) is 21.0. The molecule has 1 amide bonds. The Morgan fingerprint density at radius 1 is 1.37 bits per heavy atom. The number of rotatable bonds is 8. The highest BCUT2D eigenvalue weighted by Crippen LogP contribution is 2.33. The minimum absolute atomic E-state index is 0.208. The molecular weight excluding hydrogens is 398 g/mol. The number of ether oxygens (including phenoxy) is 1. The quantitative estimate of drug-likeness (QED) is 0.597. The molecule has 1 fully saturated rings. The Bertz CT molecular complexity index is 1020. The highest BCUT2D eigenvalue weighted by atomic mass is 32.1. The number of fused-ring (bicyclic) bond motifs is 1. The van der Waals surface area contributed by atoms with Gasteiger partial charge in [-0.05, 0) is 49.3 Å². The molecule has 1 aliphatic rings. The molecule has 3 aromatic rings. The smallest absolute Gasteiger partial charge is 0.231 e. The van der Waals surface area contributed by atoms with Crippen molar-refractivity contribution < 1.29 is 9.53 Å². The third kappa shape index (κ3) is 4.55. The molecule has 3 heterocycles. The van der Waals surface area contributed by atoms with E-state index in [1.54, 1.807) is 0 Å². The number of primary amides is 1. The van der Waals surface area contributed by atoms with Gasteiger partial charge in [-0.1, -0.05) is 25.1 Å². The van der Waals surface area contributed by atoms with Crippen LogP contribution in [0.2, 0.25) is 0 Å². The summed E-state index contributed by atoms with van der Waals surface area (Å²) in [5.74, 6) is 1.05. The molecule has 1 aromatic carbocycles. The highest BCUT2D eigenvalue weighted by Gasteiger charge is 2.20. The summed E-state index contributed by atoms with van der Waals surface area (Å²) in [6, 6.07) is 6.51. The molecule has 0 saturated carbocycles. The number of likely N-dealkylation sites (N-methyl/N-ethyl adjacent to an activating group) is 1. The van der Waals surface area contributed by atoms with Crippen molar-refractivity contribution >= 4 is 28.3 Å². The number of aromatic nitrogens is 3.